The summed E-state index contributed by atoms with van der Waals surface area (Å²) in [4.78, 5) is 18.0. The average molecular weight is 315 g/mol. The highest BCUT2D eigenvalue weighted by Crippen LogP contribution is 2.36. The molecule has 1 fully saturated rings. The van der Waals surface area contributed by atoms with Gasteiger partial charge in [0, 0.05) is 18.5 Å². The minimum Gasteiger partial charge on any atom is -0.397 e. The van der Waals surface area contributed by atoms with Crippen LogP contribution in [0.15, 0.2) is 12.1 Å². The molecule has 0 aromatic carbocycles. The van der Waals surface area contributed by atoms with Crippen molar-refractivity contribution >= 4 is 33.1 Å². The molecular weight excluding hydrogens is 303 g/mol. The van der Waals surface area contributed by atoms with Gasteiger partial charge in [0.1, 0.15) is 15.4 Å². The minimum atomic E-state index is -4.51. The molecule has 2 aromatic rings. The summed E-state index contributed by atoms with van der Waals surface area (Å²) in [7, 11) is 0. The molecule has 2 aromatic heterocycles. The van der Waals surface area contributed by atoms with Crippen LogP contribution in [0, 0.1) is 0 Å². The van der Waals surface area contributed by atoms with Gasteiger partial charge in [-0.3, -0.25) is 4.79 Å². The smallest absolute Gasteiger partial charge is 0.397 e. The molecule has 0 saturated carbocycles. The fraction of sp³-hybridized carbons (Fsp3) is 0.385. The molecule has 2 N–H and O–H groups in total. The fourth-order valence-electron chi connectivity index (χ4n) is 2.38. The molecule has 1 aliphatic rings. The van der Waals surface area contributed by atoms with Gasteiger partial charge < -0.3 is 10.6 Å². The third-order valence-corrected chi connectivity index (χ3v) is 4.57. The van der Waals surface area contributed by atoms with Crippen molar-refractivity contribution < 1.29 is 18.0 Å². The van der Waals surface area contributed by atoms with E-state index >= 15 is 0 Å². The van der Waals surface area contributed by atoms with Crippen molar-refractivity contribution in [1.29, 1.82) is 0 Å². The van der Waals surface area contributed by atoms with Crippen molar-refractivity contribution in [3.8, 4) is 0 Å². The lowest BCUT2D eigenvalue weighted by molar-refractivity contribution is -0.140. The maximum Gasteiger partial charge on any atom is 0.433 e. The van der Waals surface area contributed by atoms with Crippen LogP contribution in [-0.2, 0) is 6.18 Å². The highest BCUT2D eigenvalue weighted by molar-refractivity contribution is 7.21. The van der Waals surface area contributed by atoms with Crippen LogP contribution < -0.4 is 5.73 Å². The van der Waals surface area contributed by atoms with Crippen molar-refractivity contribution in [2.45, 2.75) is 19.0 Å². The number of halogens is 3. The summed E-state index contributed by atoms with van der Waals surface area (Å²) in [6.07, 6.45) is -2.63. The number of hydrogen-bond acceptors (Lipinski definition) is 4. The van der Waals surface area contributed by atoms with Crippen LogP contribution >= 0.6 is 11.3 Å². The second-order valence-electron chi connectivity index (χ2n) is 4.89. The van der Waals surface area contributed by atoms with Gasteiger partial charge in [-0.2, -0.15) is 13.2 Å². The Labute approximate surface area is 122 Å². The number of fused-ring (bicyclic) bond motifs is 1. The highest BCUT2D eigenvalue weighted by Gasteiger charge is 2.33. The summed E-state index contributed by atoms with van der Waals surface area (Å²) in [6, 6.07) is 2.16. The molecular formula is C13H12F3N3OS. The van der Waals surface area contributed by atoms with Gasteiger partial charge in [-0.1, -0.05) is 0 Å². The Balaban J connectivity index is 2.04. The summed E-state index contributed by atoms with van der Waals surface area (Å²) in [5, 5.41) is 0.399. The van der Waals surface area contributed by atoms with Crippen molar-refractivity contribution in [3.63, 3.8) is 0 Å². The lowest BCUT2D eigenvalue weighted by Crippen LogP contribution is -2.27. The van der Waals surface area contributed by atoms with E-state index in [1.54, 1.807) is 4.90 Å². The molecule has 4 nitrogen and oxygen atoms in total. The summed E-state index contributed by atoms with van der Waals surface area (Å²) in [5.41, 5.74) is 5.15. The summed E-state index contributed by atoms with van der Waals surface area (Å²) < 4.78 is 38.0. The molecule has 0 atom stereocenters. The van der Waals surface area contributed by atoms with E-state index < -0.39 is 11.9 Å². The number of thiophene rings is 1. The standard InChI is InChI=1S/C13H12F3N3OS/c14-13(15,16)8-4-3-7-9(17)10(21-11(7)18-8)12(20)19-5-1-2-6-19/h3-4H,1-2,5-6,17H2. The summed E-state index contributed by atoms with van der Waals surface area (Å²) >= 11 is 0.922. The number of aromatic nitrogens is 1. The number of amides is 1. The maximum atomic E-state index is 12.7. The van der Waals surface area contributed by atoms with E-state index in [1.165, 1.54) is 6.07 Å². The van der Waals surface area contributed by atoms with Gasteiger partial charge in [0.15, 0.2) is 0 Å². The largest absolute Gasteiger partial charge is 0.433 e. The second-order valence-corrected chi connectivity index (χ2v) is 5.89. The number of hydrogen-bond donors (Lipinski definition) is 1. The number of likely N-dealkylation sites (tertiary alicyclic amines) is 1. The number of nitrogens with zero attached hydrogens (tertiary/aromatic N) is 2. The van der Waals surface area contributed by atoms with E-state index in [4.69, 9.17) is 5.73 Å². The Morgan fingerprint density at radius 1 is 1.29 bits per heavy atom. The molecule has 21 heavy (non-hydrogen) atoms. The number of carbonyl (C=O) groups excluding carboxylic acids is 1. The molecule has 0 radical (unpaired) electrons. The van der Waals surface area contributed by atoms with Crippen LogP contribution in [0.5, 0.6) is 0 Å². The predicted molar refractivity (Wildman–Crippen MR) is 74.2 cm³/mol. The van der Waals surface area contributed by atoms with Crippen molar-refractivity contribution in [2.75, 3.05) is 18.8 Å². The lowest BCUT2D eigenvalue weighted by Gasteiger charge is -2.13. The zero-order valence-electron chi connectivity index (χ0n) is 10.9. The third-order valence-electron chi connectivity index (χ3n) is 3.47. The van der Waals surface area contributed by atoms with Crippen LogP contribution in [0.25, 0.3) is 10.2 Å². The van der Waals surface area contributed by atoms with Crippen molar-refractivity contribution in [3.05, 3.63) is 22.7 Å². The number of nitrogen functional groups attached to an aromatic ring is 1. The minimum absolute atomic E-state index is 0.143. The Morgan fingerprint density at radius 2 is 1.95 bits per heavy atom. The number of rotatable bonds is 1. The quantitative estimate of drug-likeness (QED) is 0.879. The molecule has 3 heterocycles. The normalized spacial score (nSPS) is 15.9. The van der Waals surface area contributed by atoms with E-state index in [2.05, 4.69) is 4.98 Å². The van der Waals surface area contributed by atoms with Crippen LogP contribution in [0.4, 0.5) is 18.9 Å². The Hall–Kier alpha value is -1.83. The Bertz CT molecular complexity index is 704. The number of anilines is 1. The molecule has 0 bridgehead atoms. The number of pyridine rings is 1. The predicted octanol–water partition coefficient (Wildman–Crippen LogP) is 3.13. The number of alkyl halides is 3. The van der Waals surface area contributed by atoms with Gasteiger partial charge >= 0.3 is 6.18 Å². The van der Waals surface area contributed by atoms with Crippen LogP contribution in [0.1, 0.15) is 28.2 Å². The molecule has 0 unspecified atom stereocenters. The first-order valence-electron chi connectivity index (χ1n) is 6.43. The number of nitrogens with two attached hydrogens (primary N) is 1. The summed E-state index contributed by atoms with van der Waals surface area (Å²) in [6.45, 7) is 1.32. The average Bonchev–Trinajstić information content (AvgIpc) is 3.05. The Morgan fingerprint density at radius 3 is 2.57 bits per heavy atom. The van der Waals surface area contributed by atoms with Crippen molar-refractivity contribution in [1.82, 2.24) is 9.88 Å². The topological polar surface area (TPSA) is 59.2 Å². The SMILES string of the molecule is Nc1c(C(=O)N2CCCC2)sc2nc(C(F)(F)F)ccc12. The molecule has 1 amide bonds. The van der Waals surface area contributed by atoms with Gasteiger partial charge in [0.05, 0.1) is 5.69 Å². The first-order valence-corrected chi connectivity index (χ1v) is 7.25. The summed E-state index contributed by atoms with van der Waals surface area (Å²) in [5.74, 6) is -0.221. The zero-order valence-corrected chi connectivity index (χ0v) is 11.7. The molecule has 3 rings (SSSR count). The Kier molecular flexibility index (Phi) is 3.27. The molecule has 8 heteroatoms. The molecule has 1 saturated heterocycles. The molecule has 1 aliphatic heterocycles. The molecule has 0 aliphatic carbocycles. The van der Waals surface area contributed by atoms with E-state index in [1.807, 2.05) is 0 Å². The van der Waals surface area contributed by atoms with Gasteiger partial charge in [-0.25, -0.2) is 4.98 Å². The molecule has 112 valence electrons. The van der Waals surface area contributed by atoms with Gasteiger partial charge in [0.25, 0.3) is 5.91 Å². The zero-order chi connectivity index (χ0) is 15.2. The van der Waals surface area contributed by atoms with Crippen molar-refractivity contribution in [2.24, 2.45) is 0 Å². The van der Waals surface area contributed by atoms with E-state index in [-0.39, 0.29) is 21.3 Å². The van der Waals surface area contributed by atoms with Gasteiger partial charge in [0.2, 0.25) is 0 Å². The van der Waals surface area contributed by atoms with Gasteiger partial charge in [-0.15, -0.1) is 11.3 Å². The molecule has 0 spiro atoms. The second kappa shape index (κ2) is 4.87. The lowest BCUT2D eigenvalue weighted by atomic mass is 10.2. The highest BCUT2D eigenvalue weighted by atomic mass is 32.1. The maximum absolute atomic E-state index is 12.7. The van der Waals surface area contributed by atoms with E-state index in [0.717, 1.165) is 30.2 Å². The third kappa shape index (κ3) is 2.44. The van der Waals surface area contributed by atoms with E-state index in [9.17, 15) is 18.0 Å². The van der Waals surface area contributed by atoms with Crippen LogP contribution in [0.2, 0.25) is 0 Å². The van der Waals surface area contributed by atoms with Crippen LogP contribution in [0.3, 0.4) is 0 Å². The van der Waals surface area contributed by atoms with Gasteiger partial charge in [-0.05, 0) is 25.0 Å². The first kappa shape index (κ1) is 14.1. The monoisotopic (exact) mass is 315 g/mol. The number of carbonyl (C=O) groups is 1. The fourth-order valence-corrected chi connectivity index (χ4v) is 3.44. The van der Waals surface area contributed by atoms with E-state index in [0.29, 0.717) is 18.5 Å². The first-order chi connectivity index (χ1) is 9.88. The van der Waals surface area contributed by atoms with Crippen LogP contribution in [-0.4, -0.2) is 28.9 Å².